The summed E-state index contributed by atoms with van der Waals surface area (Å²) in [6.07, 6.45) is -1.35. The predicted octanol–water partition coefficient (Wildman–Crippen LogP) is 4.13. The summed E-state index contributed by atoms with van der Waals surface area (Å²) >= 11 is 0. The van der Waals surface area contributed by atoms with E-state index in [-0.39, 0.29) is 59.3 Å². The molecule has 0 aliphatic rings. The Kier molecular flexibility index (Phi) is 24.1. The number of ether oxygens (including phenoxy) is 12. The number of nitrogens with zero attached hydrogens (tertiary/aromatic N) is 4. The number of anilines is 4. The highest BCUT2D eigenvalue weighted by Crippen LogP contribution is 2.31. The minimum Gasteiger partial charge on any atom is -0.481 e. The average Bonchev–Trinajstić information content (AvgIpc) is 3.29. The first-order chi connectivity index (χ1) is 28.7. The third kappa shape index (κ3) is 16.1. The van der Waals surface area contributed by atoms with Crippen LogP contribution < -0.4 is 60.0 Å². The van der Waals surface area contributed by atoms with E-state index in [4.69, 9.17) is 49.4 Å². The van der Waals surface area contributed by atoms with Crippen LogP contribution >= 0.6 is 0 Å². The molecule has 24 heteroatoms. The smallest absolute Gasteiger partial charge is 0.411 e. The normalized spacial score (nSPS) is 9.25. The summed E-state index contributed by atoms with van der Waals surface area (Å²) in [4.78, 5) is 61.0. The van der Waals surface area contributed by atoms with Gasteiger partial charge in [0.2, 0.25) is 47.0 Å². The van der Waals surface area contributed by atoms with Gasteiger partial charge in [0.05, 0.1) is 102 Å². The number of hydrogen-bond donors (Lipinski definition) is 4. The van der Waals surface area contributed by atoms with Crippen LogP contribution in [0.2, 0.25) is 0 Å². The number of esters is 2. The standard InChI is InChI=1S/C11H14N2O6.2C9H12N2O4.C7H10N2O2.CH4/c1-16-7-5-6(10(14)18-3)8(9(12-7)17-2)13-11(15)19-4;1-13-6-4-5(9(12)15-3)7(10)8(11-6)14-2;1-13-7-5-4-6(8(11-7)14-2)10-9(12)15-3;1-10-6-4-3-5(8)7(9-6)11-2;/h5H,1-4H3,(H,13,15);4H,10H2,1-3H3;4-5H,1-3H3,(H,10,12);3-4H,8H2,1-2H3;1H4. The van der Waals surface area contributed by atoms with E-state index in [1.165, 1.54) is 97.5 Å². The van der Waals surface area contributed by atoms with Crippen molar-refractivity contribution in [2.75, 3.05) is 107 Å². The molecule has 6 N–H and O–H groups in total. The highest BCUT2D eigenvalue weighted by atomic mass is 16.6. The first-order valence-electron chi connectivity index (χ1n) is 16.5. The zero-order chi connectivity index (χ0) is 45.4. The van der Waals surface area contributed by atoms with Gasteiger partial charge in [-0.25, -0.2) is 19.2 Å². The number of nitrogens with two attached hydrogens (primary N) is 2. The van der Waals surface area contributed by atoms with Crippen LogP contribution in [-0.4, -0.2) is 129 Å². The molecular formula is C37H52N8O16. The molecule has 0 saturated carbocycles. The Hall–Kier alpha value is -7.92. The topological polar surface area (TPSA) is 307 Å². The molecule has 0 aliphatic carbocycles. The summed E-state index contributed by atoms with van der Waals surface area (Å²) < 4.78 is 57.4. The lowest BCUT2D eigenvalue weighted by molar-refractivity contribution is 0.0592. The zero-order valence-electron chi connectivity index (χ0n) is 34.9. The summed E-state index contributed by atoms with van der Waals surface area (Å²) in [5.41, 5.74) is 12.5. The lowest BCUT2D eigenvalue weighted by Gasteiger charge is -2.13. The van der Waals surface area contributed by atoms with Crippen molar-refractivity contribution in [2.45, 2.75) is 7.43 Å². The fourth-order valence-electron chi connectivity index (χ4n) is 4.00. The predicted molar refractivity (Wildman–Crippen MR) is 220 cm³/mol. The van der Waals surface area contributed by atoms with Crippen molar-refractivity contribution in [3.8, 4) is 47.0 Å². The summed E-state index contributed by atoms with van der Waals surface area (Å²) in [6, 6.07) is 9.29. The molecular weight excluding hydrogens is 812 g/mol. The third-order valence-corrected chi connectivity index (χ3v) is 6.92. The second-order valence-electron chi connectivity index (χ2n) is 10.3. The third-order valence-electron chi connectivity index (χ3n) is 6.92. The molecule has 0 aromatic carbocycles. The molecule has 0 fully saturated rings. The molecule has 0 bridgehead atoms. The second-order valence-corrected chi connectivity index (χ2v) is 10.3. The van der Waals surface area contributed by atoms with Crippen molar-refractivity contribution in [1.29, 1.82) is 0 Å². The number of nitrogen functional groups attached to an aromatic ring is 2. The molecule has 4 rings (SSSR count). The maximum atomic E-state index is 11.7. The minimum absolute atomic E-state index is 0. The van der Waals surface area contributed by atoms with Crippen molar-refractivity contribution >= 4 is 46.9 Å². The number of pyridine rings is 4. The fraction of sp³-hybridized carbons (Fsp3) is 0.351. The van der Waals surface area contributed by atoms with Gasteiger partial charge < -0.3 is 68.3 Å². The number of hydrogen-bond acceptors (Lipinski definition) is 22. The Morgan fingerprint density at radius 3 is 1.33 bits per heavy atom. The molecule has 4 aromatic heterocycles. The van der Waals surface area contributed by atoms with Gasteiger partial charge in [0.15, 0.2) is 0 Å². The highest BCUT2D eigenvalue weighted by Gasteiger charge is 2.22. The van der Waals surface area contributed by atoms with E-state index in [2.05, 4.69) is 49.5 Å². The van der Waals surface area contributed by atoms with Gasteiger partial charge in [0.25, 0.3) is 0 Å². The molecule has 336 valence electrons. The van der Waals surface area contributed by atoms with Gasteiger partial charge in [0, 0.05) is 24.3 Å². The monoisotopic (exact) mass is 864 g/mol. The van der Waals surface area contributed by atoms with Crippen LogP contribution in [0.5, 0.6) is 47.0 Å². The Morgan fingerprint density at radius 2 is 0.869 bits per heavy atom. The van der Waals surface area contributed by atoms with Gasteiger partial charge in [-0.3, -0.25) is 10.6 Å². The Bertz CT molecular complexity index is 2040. The molecule has 2 amide bonds. The number of methoxy groups -OCH3 is 12. The van der Waals surface area contributed by atoms with Crippen LogP contribution in [0.1, 0.15) is 28.1 Å². The molecule has 24 nitrogen and oxygen atoms in total. The lowest BCUT2D eigenvalue weighted by atomic mass is 10.2. The van der Waals surface area contributed by atoms with E-state index in [1.807, 2.05) is 0 Å². The number of carbonyl (C=O) groups is 4. The largest absolute Gasteiger partial charge is 0.481 e. The number of carbonyl (C=O) groups excluding carboxylic acids is 4. The summed E-state index contributed by atoms with van der Waals surface area (Å²) in [5, 5.41) is 4.80. The number of rotatable bonds is 12. The van der Waals surface area contributed by atoms with Crippen molar-refractivity contribution < 1.29 is 76.0 Å². The van der Waals surface area contributed by atoms with E-state index in [0.29, 0.717) is 29.0 Å². The first-order valence-corrected chi connectivity index (χ1v) is 16.5. The van der Waals surface area contributed by atoms with Crippen molar-refractivity contribution in [1.82, 2.24) is 19.9 Å². The van der Waals surface area contributed by atoms with Gasteiger partial charge in [-0.05, 0) is 12.1 Å². The summed E-state index contributed by atoms with van der Waals surface area (Å²) in [6.45, 7) is 0. The molecule has 0 atom stereocenters. The van der Waals surface area contributed by atoms with E-state index >= 15 is 0 Å². The maximum Gasteiger partial charge on any atom is 0.411 e. The number of aromatic nitrogens is 4. The van der Waals surface area contributed by atoms with Crippen molar-refractivity contribution in [3.63, 3.8) is 0 Å². The van der Waals surface area contributed by atoms with Crippen LogP contribution in [0.15, 0.2) is 36.4 Å². The molecule has 0 unspecified atom stereocenters. The molecule has 61 heavy (non-hydrogen) atoms. The Labute approximate surface area is 351 Å². The Balaban J connectivity index is 0.000000795. The van der Waals surface area contributed by atoms with Crippen molar-refractivity contribution in [3.05, 3.63) is 47.5 Å². The highest BCUT2D eigenvalue weighted by molar-refractivity contribution is 6.01. The van der Waals surface area contributed by atoms with Gasteiger partial charge in [-0.15, -0.1) is 0 Å². The molecule has 0 saturated heterocycles. The van der Waals surface area contributed by atoms with Crippen LogP contribution in [0, 0.1) is 0 Å². The van der Waals surface area contributed by atoms with Crippen molar-refractivity contribution in [2.24, 2.45) is 0 Å². The van der Waals surface area contributed by atoms with E-state index in [0.717, 1.165) is 0 Å². The molecule has 0 aliphatic heterocycles. The zero-order valence-corrected chi connectivity index (χ0v) is 34.9. The van der Waals surface area contributed by atoms with Crippen LogP contribution in [0.3, 0.4) is 0 Å². The van der Waals surface area contributed by atoms with Crippen LogP contribution in [0.25, 0.3) is 0 Å². The van der Waals surface area contributed by atoms with Gasteiger partial charge in [-0.2, -0.15) is 19.9 Å². The van der Waals surface area contributed by atoms with Gasteiger partial charge >= 0.3 is 24.1 Å². The van der Waals surface area contributed by atoms with Gasteiger partial charge in [-0.1, -0.05) is 7.43 Å². The van der Waals surface area contributed by atoms with E-state index in [1.54, 1.807) is 24.3 Å². The Morgan fingerprint density at radius 1 is 0.459 bits per heavy atom. The first kappa shape index (κ1) is 53.1. The lowest BCUT2D eigenvalue weighted by Crippen LogP contribution is -2.16. The summed E-state index contributed by atoms with van der Waals surface area (Å²) in [7, 11) is 16.5. The quantitative estimate of drug-likeness (QED) is 0.115. The minimum atomic E-state index is -0.768. The van der Waals surface area contributed by atoms with Crippen LogP contribution in [0.4, 0.5) is 32.3 Å². The number of amides is 2. The molecule has 4 heterocycles. The van der Waals surface area contributed by atoms with Gasteiger partial charge in [0.1, 0.15) is 17.1 Å². The maximum absolute atomic E-state index is 11.7. The fourth-order valence-corrected chi connectivity index (χ4v) is 4.00. The SMILES string of the molecule is C.COC(=O)Nc1c(C(=O)OC)cc(OC)nc1OC.COC(=O)Nc1ccc(OC)nc1OC.COC(=O)c1cc(OC)nc(OC)c1N.COc1ccc(N)c(OC)n1. The number of nitrogens with one attached hydrogen (secondary N) is 2. The second kappa shape index (κ2) is 27.7. The molecule has 4 aromatic rings. The van der Waals surface area contributed by atoms with Crippen LogP contribution in [-0.2, 0) is 18.9 Å². The van der Waals surface area contributed by atoms with E-state index in [9.17, 15) is 19.2 Å². The summed E-state index contributed by atoms with van der Waals surface area (Å²) in [5.74, 6) is 0.841. The van der Waals surface area contributed by atoms with E-state index < -0.39 is 24.1 Å². The molecule has 0 radical (unpaired) electrons. The average molecular weight is 865 g/mol. The molecule has 0 spiro atoms.